The van der Waals surface area contributed by atoms with Gasteiger partial charge in [0.05, 0.1) is 36.4 Å². The number of carbonyl (C=O) groups excluding carboxylic acids is 4. The number of amides is 4. The van der Waals surface area contributed by atoms with E-state index in [0.29, 0.717) is 31.5 Å². The Balaban J connectivity index is 1.78. The highest BCUT2D eigenvalue weighted by Gasteiger charge is 2.36. The van der Waals surface area contributed by atoms with E-state index < -0.39 is 36.1 Å². The Bertz CT molecular complexity index is 1470. The lowest BCUT2D eigenvalue weighted by Crippen LogP contribution is -2.45. The predicted octanol–water partition coefficient (Wildman–Crippen LogP) is 4.60. The molecule has 2 atom stereocenters. The Hall–Kier alpha value is -4.04. The summed E-state index contributed by atoms with van der Waals surface area (Å²) in [6.45, 7) is 6.72. The first-order valence-electron chi connectivity index (χ1n) is 13.3. The highest BCUT2D eigenvalue weighted by Crippen LogP contribution is 2.40. The summed E-state index contributed by atoms with van der Waals surface area (Å²) in [7, 11) is 0. The number of carbonyl (C=O) groups is 4. The van der Waals surface area contributed by atoms with E-state index >= 15 is 0 Å². The summed E-state index contributed by atoms with van der Waals surface area (Å²) >= 11 is 6.98. The molecule has 0 saturated heterocycles. The molecule has 2 aliphatic heterocycles. The van der Waals surface area contributed by atoms with Gasteiger partial charge < -0.3 is 41.0 Å². The number of benzene rings is 2. The molecule has 2 aromatic rings. The van der Waals surface area contributed by atoms with E-state index in [-0.39, 0.29) is 53.4 Å². The van der Waals surface area contributed by atoms with Crippen molar-refractivity contribution < 1.29 is 38.9 Å². The number of aromatic hydroxyl groups is 2. The molecule has 6 N–H and O–H groups in total. The van der Waals surface area contributed by atoms with Crippen LogP contribution in [0.5, 0.6) is 11.5 Å². The molecule has 228 valence electrons. The number of esters is 2. The van der Waals surface area contributed by atoms with Gasteiger partial charge in [0.25, 0.3) is 0 Å². The quantitative estimate of drug-likeness (QED) is 0.215. The first kappa shape index (κ1) is 31.9. The van der Waals surface area contributed by atoms with E-state index in [1.54, 1.807) is 39.8 Å². The van der Waals surface area contributed by atoms with Gasteiger partial charge in [-0.25, -0.2) is 19.2 Å². The van der Waals surface area contributed by atoms with Gasteiger partial charge in [0, 0.05) is 31.5 Å². The van der Waals surface area contributed by atoms with Crippen LogP contribution in [0.2, 0.25) is 0 Å². The molecule has 0 aliphatic carbocycles. The van der Waals surface area contributed by atoms with Crippen LogP contribution in [0.15, 0.2) is 55.8 Å². The van der Waals surface area contributed by atoms with E-state index in [9.17, 15) is 29.4 Å². The molecule has 2 aliphatic rings. The van der Waals surface area contributed by atoms with Crippen molar-refractivity contribution in [1.29, 1.82) is 0 Å². The maximum absolute atomic E-state index is 12.8. The molecular formula is C29H30Br2N4O8. The van der Waals surface area contributed by atoms with Crippen molar-refractivity contribution in [2.75, 3.05) is 13.2 Å². The zero-order valence-electron chi connectivity index (χ0n) is 23.7. The summed E-state index contributed by atoms with van der Waals surface area (Å²) in [5.41, 5.74) is 2.73. The Kier molecular flexibility index (Phi) is 9.70. The van der Waals surface area contributed by atoms with Crippen molar-refractivity contribution in [3.8, 4) is 11.5 Å². The monoisotopic (exact) mass is 720 g/mol. The summed E-state index contributed by atoms with van der Waals surface area (Å²) in [4.78, 5) is 50.4. The topological polar surface area (TPSA) is 175 Å². The van der Waals surface area contributed by atoms with Gasteiger partial charge >= 0.3 is 24.0 Å². The first-order chi connectivity index (χ1) is 20.4. The van der Waals surface area contributed by atoms with Gasteiger partial charge in [-0.05, 0) is 69.5 Å². The van der Waals surface area contributed by atoms with Gasteiger partial charge in [-0.2, -0.15) is 0 Å². The third-order valence-corrected chi connectivity index (χ3v) is 8.40. The molecule has 0 saturated carbocycles. The SMILES string of the molecule is CCOC(=O)C1=C(C)NC(=O)NC1c1cc(Cc2cc(C3NC(=O)NC(C)=C3C(=O)OCC)c(O)cc2Br)c(Br)cc1O. The minimum absolute atomic E-state index is 0.120. The van der Waals surface area contributed by atoms with Crippen LogP contribution in [0.4, 0.5) is 9.59 Å². The van der Waals surface area contributed by atoms with E-state index in [2.05, 4.69) is 53.1 Å². The number of hydrogen-bond acceptors (Lipinski definition) is 8. The normalized spacial score (nSPS) is 18.4. The molecule has 4 rings (SSSR count). The molecule has 0 bridgehead atoms. The van der Waals surface area contributed by atoms with Crippen LogP contribution in [0.25, 0.3) is 0 Å². The smallest absolute Gasteiger partial charge is 0.338 e. The second-order valence-corrected chi connectivity index (χ2v) is 11.5. The molecule has 0 spiro atoms. The fraction of sp³-hybridized carbons (Fsp3) is 0.310. The molecule has 0 aromatic heterocycles. The number of nitrogens with one attached hydrogen (secondary N) is 4. The van der Waals surface area contributed by atoms with Gasteiger partial charge in [0.2, 0.25) is 0 Å². The maximum Gasteiger partial charge on any atom is 0.338 e. The van der Waals surface area contributed by atoms with Crippen molar-refractivity contribution in [2.45, 2.75) is 46.2 Å². The number of phenols is 2. The van der Waals surface area contributed by atoms with Crippen molar-refractivity contribution in [2.24, 2.45) is 0 Å². The highest BCUT2D eigenvalue weighted by molar-refractivity contribution is 9.10. The van der Waals surface area contributed by atoms with Crippen molar-refractivity contribution >= 4 is 55.9 Å². The molecular weight excluding hydrogens is 692 g/mol. The van der Waals surface area contributed by atoms with Gasteiger partial charge in [-0.3, -0.25) is 0 Å². The molecule has 14 heteroatoms. The van der Waals surface area contributed by atoms with Crippen LogP contribution in [0, 0.1) is 0 Å². The molecule has 43 heavy (non-hydrogen) atoms. The van der Waals surface area contributed by atoms with Crippen LogP contribution in [0.3, 0.4) is 0 Å². The largest absolute Gasteiger partial charge is 0.508 e. The summed E-state index contributed by atoms with van der Waals surface area (Å²) in [6, 6.07) is 3.15. The zero-order chi connectivity index (χ0) is 31.6. The standard InChI is InChI=1S/C29H30Br2N4O8/c1-5-42-26(38)22-12(3)32-28(40)34-24(22)16-8-14(18(30)10-20(16)36)7-15-9-17(21(37)11-19(15)31)25-23(27(39)43-6-2)13(4)33-29(41)35-25/h8-11,24-25,36-37H,5-7H2,1-4H3,(H2,32,34,40)(H2,33,35,41). The summed E-state index contributed by atoms with van der Waals surface area (Å²) in [5.74, 6) is -1.62. The van der Waals surface area contributed by atoms with Crippen molar-refractivity contribution in [3.05, 3.63) is 78.0 Å². The average molecular weight is 722 g/mol. The van der Waals surface area contributed by atoms with Crippen LogP contribution in [-0.2, 0) is 25.5 Å². The van der Waals surface area contributed by atoms with Crippen molar-refractivity contribution in [1.82, 2.24) is 21.3 Å². The molecule has 0 radical (unpaired) electrons. The molecule has 2 unspecified atom stereocenters. The number of allylic oxidation sites excluding steroid dienone is 2. The van der Waals surface area contributed by atoms with Crippen LogP contribution < -0.4 is 21.3 Å². The van der Waals surface area contributed by atoms with E-state index in [4.69, 9.17) is 9.47 Å². The fourth-order valence-corrected chi connectivity index (χ4v) is 5.95. The number of rotatable bonds is 8. The van der Waals surface area contributed by atoms with Gasteiger partial charge in [0.15, 0.2) is 0 Å². The Morgan fingerprint density at radius 3 is 1.47 bits per heavy atom. The molecule has 2 aromatic carbocycles. The third kappa shape index (κ3) is 6.64. The van der Waals surface area contributed by atoms with Crippen LogP contribution >= 0.6 is 31.9 Å². The predicted molar refractivity (Wildman–Crippen MR) is 162 cm³/mol. The van der Waals surface area contributed by atoms with E-state index in [1.807, 2.05) is 0 Å². The van der Waals surface area contributed by atoms with Gasteiger partial charge in [0.1, 0.15) is 11.5 Å². The number of urea groups is 2. The summed E-state index contributed by atoms with van der Waals surface area (Å²) in [6.07, 6.45) is 0.231. The highest BCUT2D eigenvalue weighted by atomic mass is 79.9. The van der Waals surface area contributed by atoms with Crippen LogP contribution in [-0.4, -0.2) is 47.4 Å². The van der Waals surface area contributed by atoms with Gasteiger partial charge in [-0.15, -0.1) is 0 Å². The molecule has 2 heterocycles. The van der Waals surface area contributed by atoms with Crippen molar-refractivity contribution in [3.63, 3.8) is 0 Å². The second kappa shape index (κ2) is 13.1. The second-order valence-electron chi connectivity index (χ2n) is 9.76. The fourth-order valence-electron chi connectivity index (χ4n) is 5.00. The number of ether oxygens (including phenoxy) is 2. The lowest BCUT2D eigenvalue weighted by molar-refractivity contribution is -0.140. The van der Waals surface area contributed by atoms with E-state index in [1.165, 1.54) is 12.1 Å². The Morgan fingerprint density at radius 2 is 1.12 bits per heavy atom. The third-order valence-electron chi connectivity index (χ3n) is 6.92. The van der Waals surface area contributed by atoms with Gasteiger partial charge in [-0.1, -0.05) is 31.9 Å². The number of hydrogen-bond donors (Lipinski definition) is 6. The van der Waals surface area contributed by atoms with E-state index in [0.717, 1.165) is 0 Å². The zero-order valence-corrected chi connectivity index (χ0v) is 26.9. The molecule has 12 nitrogen and oxygen atoms in total. The summed E-state index contributed by atoms with van der Waals surface area (Å²) in [5, 5.41) is 32.3. The number of halogens is 2. The molecule has 0 fully saturated rings. The lowest BCUT2D eigenvalue weighted by Gasteiger charge is -2.29. The maximum atomic E-state index is 12.8. The first-order valence-corrected chi connectivity index (χ1v) is 14.9. The minimum Gasteiger partial charge on any atom is -0.508 e. The Morgan fingerprint density at radius 1 is 0.744 bits per heavy atom. The lowest BCUT2D eigenvalue weighted by atomic mass is 9.90. The minimum atomic E-state index is -0.997. The average Bonchev–Trinajstić information content (AvgIpc) is 2.90. The van der Waals surface area contributed by atoms with Crippen LogP contribution in [0.1, 0.15) is 62.0 Å². The number of phenolic OH excluding ortho intramolecular Hbond substituents is 2. The Labute approximate surface area is 264 Å². The summed E-state index contributed by atoms with van der Waals surface area (Å²) < 4.78 is 11.5. The molecule has 4 amide bonds.